The van der Waals surface area contributed by atoms with E-state index in [1.165, 1.54) is 25.7 Å². The Hall–Kier alpha value is -0.240. The zero-order valence-electron chi connectivity index (χ0n) is 13.5. The zero-order chi connectivity index (χ0) is 15.6. The molecule has 1 nitrogen and oxygen atoms in total. The molecule has 0 spiro atoms. The molecule has 0 aromatic heterocycles. The average molecular weight is 328 g/mol. The molecule has 1 aromatic rings. The SMILES string of the molecule is CC(NC1CCCCC1C(C)(C)C)c1cccc(Cl)c1Cl. The first-order chi connectivity index (χ1) is 9.80. The molecular formula is C18H27Cl2N. The van der Waals surface area contributed by atoms with Crippen LogP contribution >= 0.6 is 23.2 Å². The quantitative estimate of drug-likeness (QED) is 0.691. The molecule has 0 bridgehead atoms. The van der Waals surface area contributed by atoms with Crippen molar-refractivity contribution in [3.05, 3.63) is 33.8 Å². The highest BCUT2D eigenvalue weighted by molar-refractivity contribution is 6.42. The van der Waals surface area contributed by atoms with Gasteiger partial charge in [0.05, 0.1) is 10.0 Å². The first-order valence-corrected chi connectivity index (χ1v) is 8.76. The molecule has 0 heterocycles. The summed E-state index contributed by atoms with van der Waals surface area (Å²) >= 11 is 12.5. The topological polar surface area (TPSA) is 12.0 Å². The van der Waals surface area contributed by atoms with Crippen molar-refractivity contribution in [1.82, 2.24) is 5.32 Å². The molecule has 0 amide bonds. The summed E-state index contributed by atoms with van der Waals surface area (Å²) in [5.41, 5.74) is 1.44. The molecule has 1 aliphatic rings. The molecule has 2 rings (SSSR count). The molecule has 3 unspecified atom stereocenters. The first kappa shape index (κ1) is 17.1. The summed E-state index contributed by atoms with van der Waals surface area (Å²) in [4.78, 5) is 0. The van der Waals surface area contributed by atoms with Crippen LogP contribution in [-0.4, -0.2) is 6.04 Å². The van der Waals surface area contributed by atoms with Crippen molar-refractivity contribution >= 4 is 23.2 Å². The molecule has 1 aromatic carbocycles. The highest BCUT2D eigenvalue weighted by Crippen LogP contribution is 2.39. The van der Waals surface area contributed by atoms with Crippen LogP contribution in [0.25, 0.3) is 0 Å². The van der Waals surface area contributed by atoms with E-state index < -0.39 is 0 Å². The van der Waals surface area contributed by atoms with Gasteiger partial charge in [0.1, 0.15) is 0 Å². The highest BCUT2D eigenvalue weighted by atomic mass is 35.5. The highest BCUT2D eigenvalue weighted by Gasteiger charge is 2.34. The number of hydrogen-bond donors (Lipinski definition) is 1. The standard InChI is InChI=1S/C18H27Cl2N/c1-12(13-8-7-10-15(19)17(13)20)21-16-11-6-5-9-14(16)18(2,3)4/h7-8,10,12,14,16,21H,5-6,9,11H2,1-4H3. The Morgan fingerprint density at radius 2 is 1.81 bits per heavy atom. The van der Waals surface area contributed by atoms with Crippen molar-refractivity contribution in [2.75, 3.05) is 0 Å². The van der Waals surface area contributed by atoms with Gasteiger partial charge in [0, 0.05) is 12.1 Å². The van der Waals surface area contributed by atoms with Crippen LogP contribution in [0, 0.1) is 11.3 Å². The van der Waals surface area contributed by atoms with E-state index in [1.807, 2.05) is 12.1 Å². The Morgan fingerprint density at radius 3 is 2.48 bits per heavy atom. The predicted octanol–water partition coefficient (Wildman–Crippen LogP) is 6.25. The van der Waals surface area contributed by atoms with Crippen LogP contribution in [0.4, 0.5) is 0 Å². The molecule has 0 aliphatic heterocycles. The fourth-order valence-corrected chi connectivity index (χ4v) is 4.10. The van der Waals surface area contributed by atoms with E-state index in [9.17, 15) is 0 Å². The van der Waals surface area contributed by atoms with Crippen molar-refractivity contribution in [2.24, 2.45) is 11.3 Å². The third-order valence-electron chi connectivity index (χ3n) is 4.79. The van der Waals surface area contributed by atoms with Crippen LogP contribution < -0.4 is 5.32 Å². The Labute approximate surface area is 139 Å². The van der Waals surface area contributed by atoms with E-state index >= 15 is 0 Å². The van der Waals surface area contributed by atoms with E-state index in [0.29, 0.717) is 27.4 Å². The number of nitrogens with one attached hydrogen (secondary N) is 1. The van der Waals surface area contributed by atoms with Crippen molar-refractivity contribution in [3.63, 3.8) is 0 Å². The second-order valence-electron chi connectivity index (χ2n) is 7.39. The normalized spacial score (nSPS) is 24.9. The van der Waals surface area contributed by atoms with E-state index in [4.69, 9.17) is 23.2 Å². The summed E-state index contributed by atoms with van der Waals surface area (Å²) in [6.45, 7) is 9.25. The van der Waals surface area contributed by atoms with Gasteiger partial charge in [-0.2, -0.15) is 0 Å². The molecule has 1 N–H and O–H groups in total. The van der Waals surface area contributed by atoms with Gasteiger partial charge in [-0.3, -0.25) is 0 Å². The lowest BCUT2D eigenvalue weighted by Crippen LogP contribution is -2.45. The van der Waals surface area contributed by atoms with Crippen LogP contribution in [0.15, 0.2) is 18.2 Å². The molecule has 1 saturated carbocycles. The van der Waals surface area contributed by atoms with Gasteiger partial charge < -0.3 is 5.32 Å². The zero-order valence-corrected chi connectivity index (χ0v) is 15.1. The molecule has 0 saturated heterocycles. The Morgan fingerprint density at radius 1 is 1.14 bits per heavy atom. The summed E-state index contributed by atoms with van der Waals surface area (Å²) in [7, 11) is 0. The minimum absolute atomic E-state index is 0.226. The maximum Gasteiger partial charge on any atom is 0.0639 e. The van der Waals surface area contributed by atoms with Gasteiger partial charge in [0.2, 0.25) is 0 Å². The van der Waals surface area contributed by atoms with E-state index in [0.717, 1.165) is 5.56 Å². The Kier molecular flexibility index (Phi) is 5.62. The van der Waals surface area contributed by atoms with Crippen LogP contribution in [0.1, 0.15) is 65.0 Å². The number of benzene rings is 1. The van der Waals surface area contributed by atoms with Crippen LogP contribution in [-0.2, 0) is 0 Å². The van der Waals surface area contributed by atoms with E-state index in [1.54, 1.807) is 0 Å². The summed E-state index contributed by atoms with van der Waals surface area (Å²) in [5, 5.41) is 5.14. The molecule has 3 atom stereocenters. The first-order valence-electron chi connectivity index (χ1n) is 8.00. The van der Waals surface area contributed by atoms with Gasteiger partial charge in [-0.1, -0.05) is 68.9 Å². The van der Waals surface area contributed by atoms with Gasteiger partial charge >= 0.3 is 0 Å². The summed E-state index contributed by atoms with van der Waals surface area (Å²) in [5.74, 6) is 0.714. The predicted molar refractivity (Wildman–Crippen MR) is 93.2 cm³/mol. The molecule has 0 radical (unpaired) electrons. The number of hydrogen-bond acceptors (Lipinski definition) is 1. The lowest BCUT2D eigenvalue weighted by atomic mass is 9.69. The van der Waals surface area contributed by atoms with E-state index in [2.05, 4.69) is 39.1 Å². The van der Waals surface area contributed by atoms with Crippen molar-refractivity contribution in [2.45, 2.75) is 65.5 Å². The summed E-state index contributed by atoms with van der Waals surface area (Å²) in [6.07, 6.45) is 5.24. The fourth-order valence-electron chi connectivity index (χ4n) is 3.63. The smallest absolute Gasteiger partial charge is 0.0639 e. The van der Waals surface area contributed by atoms with Gasteiger partial charge in [-0.15, -0.1) is 0 Å². The molecular weight excluding hydrogens is 301 g/mol. The van der Waals surface area contributed by atoms with Gasteiger partial charge in [0.25, 0.3) is 0 Å². The molecule has 1 aliphatic carbocycles. The minimum Gasteiger partial charge on any atom is -0.307 e. The second kappa shape index (κ2) is 6.89. The van der Waals surface area contributed by atoms with Crippen molar-refractivity contribution in [1.29, 1.82) is 0 Å². The average Bonchev–Trinajstić information content (AvgIpc) is 2.41. The van der Waals surface area contributed by atoms with Crippen LogP contribution in [0.2, 0.25) is 10.0 Å². The third kappa shape index (κ3) is 4.15. The second-order valence-corrected chi connectivity index (χ2v) is 8.18. The summed E-state index contributed by atoms with van der Waals surface area (Å²) < 4.78 is 0. The van der Waals surface area contributed by atoms with Crippen LogP contribution in [0.5, 0.6) is 0 Å². The Bertz CT molecular complexity index is 479. The maximum absolute atomic E-state index is 6.36. The van der Waals surface area contributed by atoms with Crippen molar-refractivity contribution < 1.29 is 0 Å². The van der Waals surface area contributed by atoms with Crippen molar-refractivity contribution in [3.8, 4) is 0 Å². The van der Waals surface area contributed by atoms with Crippen LogP contribution in [0.3, 0.4) is 0 Å². The number of halogens is 2. The lowest BCUT2D eigenvalue weighted by molar-refractivity contribution is 0.124. The van der Waals surface area contributed by atoms with Gasteiger partial charge in [-0.25, -0.2) is 0 Å². The molecule has 118 valence electrons. The van der Waals surface area contributed by atoms with Gasteiger partial charge in [-0.05, 0) is 42.7 Å². The van der Waals surface area contributed by atoms with E-state index in [-0.39, 0.29) is 6.04 Å². The molecule has 1 fully saturated rings. The number of rotatable bonds is 3. The maximum atomic E-state index is 6.36. The monoisotopic (exact) mass is 327 g/mol. The lowest BCUT2D eigenvalue weighted by Gasteiger charge is -2.42. The Balaban J connectivity index is 2.13. The van der Waals surface area contributed by atoms with Gasteiger partial charge in [0.15, 0.2) is 0 Å². The largest absolute Gasteiger partial charge is 0.307 e. The molecule has 3 heteroatoms. The minimum atomic E-state index is 0.226. The fraction of sp³-hybridized carbons (Fsp3) is 0.667. The summed E-state index contributed by atoms with van der Waals surface area (Å²) in [6, 6.07) is 6.68. The molecule has 21 heavy (non-hydrogen) atoms. The third-order valence-corrected chi connectivity index (χ3v) is 5.62.